The Balaban J connectivity index is 3.82. The van der Waals surface area contributed by atoms with Gasteiger partial charge >= 0.3 is 0 Å². The summed E-state index contributed by atoms with van der Waals surface area (Å²) < 4.78 is 0. The van der Waals surface area contributed by atoms with Crippen molar-refractivity contribution in [2.24, 2.45) is 0 Å². The van der Waals surface area contributed by atoms with Crippen molar-refractivity contribution < 1.29 is 14.7 Å². The smallest absolute Gasteiger partial charge is 0.270 e. The minimum absolute atomic E-state index is 0.136. The highest BCUT2D eigenvalue weighted by atomic mass is 16.6. The van der Waals surface area contributed by atoms with Crippen LogP contribution in [0.5, 0.6) is 0 Å². The fourth-order valence-electron chi connectivity index (χ4n) is 0.403. The number of rotatable bonds is 3. The van der Waals surface area contributed by atoms with Crippen molar-refractivity contribution in [3.8, 4) is 0 Å². The Morgan fingerprint density at radius 3 is 2.80 bits per heavy atom. The molecule has 0 radical (unpaired) electrons. The summed E-state index contributed by atoms with van der Waals surface area (Å²) in [7, 11) is 1.35. The first-order valence-electron chi connectivity index (χ1n) is 2.83. The number of carbonyl (C=O) groups excluding carboxylic acids is 1. The fourth-order valence-corrected chi connectivity index (χ4v) is 0.403. The molecule has 0 heterocycles. The largest absolute Gasteiger partial charge is 0.392 e. The van der Waals surface area contributed by atoms with Gasteiger partial charge in [0.25, 0.3) is 5.91 Å². The zero-order valence-corrected chi connectivity index (χ0v) is 6.05. The normalized spacial score (nSPS) is 11.3. The summed E-state index contributed by atoms with van der Waals surface area (Å²) in [4.78, 5) is 15.1. The number of hydrogen-bond acceptors (Lipinski definition) is 3. The van der Waals surface area contributed by atoms with Crippen LogP contribution in [0, 0.1) is 0 Å². The van der Waals surface area contributed by atoms with Crippen molar-refractivity contribution in [2.75, 3.05) is 13.7 Å². The van der Waals surface area contributed by atoms with Crippen LogP contribution < -0.4 is 5.48 Å². The van der Waals surface area contributed by atoms with Gasteiger partial charge in [-0.05, 0) is 6.92 Å². The van der Waals surface area contributed by atoms with E-state index in [-0.39, 0.29) is 12.5 Å². The summed E-state index contributed by atoms with van der Waals surface area (Å²) in [6.07, 6.45) is 1.40. The number of aliphatic hydroxyl groups excluding tert-OH is 1. The van der Waals surface area contributed by atoms with Gasteiger partial charge in [-0.1, -0.05) is 6.08 Å². The van der Waals surface area contributed by atoms with E-state index in [1.807, 2.05) is 0 Å². The van der Waals surface area contributed by atoms with Gasteiger partial charge in [0.05, 0.1) is 13.7 Å². The van der Waals surface area contributed by atoms with Crippen LogP contribution in [0.3, 0.4) is 0 Å². The van der Waals surface area contributed by atoms with Crippen LogP contribution in [0.15, 0.2) is 11.6 Å². The lowest BCUT2D eigenvalue weighted by atomic mass is 10.3. The molecule has 0 aromatic heterocycles. The van der Waals surface area contributed by atoms with Gasteiger partial charge in [-0.15, -0.1) is 0 Å². The molecular formula is C6H11NO3. The lowest BCUT2D eigenvalue weighted by Crippen LogP contribution is -2.22. The highest BCUT2D eigenvalue weighted by Gasteiger charge is 1.99. The van der Waals surface area contributed by atoms with Gasteiger partial charge in [0.2, 0.25) is 0 Å². The molecule has 0 bridgehead atoms. The monoisotopic (exact) mass is 145 g/mol. The first kappa shape index (κ1) is 9.13. The topological polar surface area (TPSA) is 58.6 Å². The van der Waals surface area contributed by atoms with Crippen LogP contribution >= 0.6 is 0 Å². The lowest BCUT2D eigenvalue weighted by molar-refractivity contribution is -0.127. The highest BCUT2D eigenvalue weighted by Crippen LogP contribution is 1.89. The zero-order chi connectivity index (χ0) is 7.98. The van der Waals surface area contributed by atoms with E-state index < -0.39 is 0 Å². The summed E-state index contributed by atoms with van der Waals surface area (Å²) in [5, 5.41) is 8.36. The lowest BCUT2D eigenvalue weighted by Gasteiger charge is -1.99. The third-order valence-electron chi connectivity index (χ3n) is 0.950. The van der Waals surface area contributed by atoms with Crippen LogP contribution in [0.25, 0.3) is 0 Å². The molecule has 2 N–H and O–H groups in total. The average Bonchev–Trinajstić information content (AvgIpc) is 1.89. The summed E-state index contributed by atoms with van der Waals surface area (Å²) in [5.41, 5.74) is 2.55. The Bertz CT molecular complexity index is 142. The molecule has 4 heteroatoms. The van der Waals surface area contributed by atoms with E-state index in [0.717, 1.165) is 0 Å². The maximum Gasteiger partial charge on any atom is 0.270 e. The third-order valence-corrected chi connectivity index (χ3v) is 0.950. The van der Waals surface area contributed by atoms with E-state index in [1.165, 1.54) is 13.2 Å². The molecule has 0 rings (SSSR count). The van der Waals surface area contributed by atoms with Gasteiger partial charge in [-0.2, -0.15) is 0 Å². The highest BCUT2D eigenvalue weighted by molar-refractivity contribution is 5.91. The Labute approximate surface area is 59.4 Å². The van der Waals surface area contributed by atoms with Crippen molar-refractivity contribution in [1.82, 2.24) is 5.48 Å². The number of aliphatic hydroxyl groups is 1. The molecule has 0 unspecified atom stereocenters. The maximum absolute atomic E-state index is 10.7. The molecular weight excluding hydrogens is 134 g/mol. The van der Waals surface area contributed by atoms with E-state index >= 15 is 0 Å². The molecule has 0 aromatic carbocycles. The maximum atomic E-state index is 10.7. The van der Waals surface area contributed by atoms with E-state index in [1.54, 1.807) is 6.92 Å². The van der Waals surface area contributed by atoms with Crippen LogP contribution in [0.4, 0.5) is 0 Å². The van der Waals surface area contributed by atoms with Crippen LogP contribution in [0.2, 0.25) is 0 Å². The molecule has 0 aliphatic rings. The van der Waals surface area contributed by atoms with Crippen molar-refractivity contribution in [2.45, 2.75) is 6.92 Å². The van der Waals surface area contributed by atoms with E-state index in [0.29, 0.717) is 5.57 Å². The van der Waals surface area contributed by atoms with Gasteiger partial charge in [0.1, 0.15) is 0 Å². The molecule has 0 atom stereocenters. The molecule has 0 aliphatic heterocycles. The molecule has 4 nitrogen and oxygen atoms in total. The number of amides is 1. The number of hydroxylamine groups is 1. The second-order valence-electron chi connectivity index (χ2n) is 1.71. The summed E-state index contributed by atoms with van der Waals surface area (Å²) in [5.74, 6) is -0.337. The average molecular weight is 145 g/mol. The second-order valence-corrected chi connectivity index (χ2v) is 1.71. The van der Waals surface area contributed by atoms with Crippen molar-refractivity contribution in [3.63, 3.8) is 0 Å². The first-order valence-corrected chi connectivity index (χ1v) is 2.83. The zero-order valence-electron chi connectivity index (χ0n) is 6.05. The number of carbonyl (C=O) groups is 1. The van der Waals surface area contributed by atoms with Crippen molar-refractivity contribution in [1.29, 1.82) is 0 Å². The SMILES string of the molecule is CONC(=O)/C(C)=C/CO. The van der Waals surface area contributed by atoms with Gasteiger partial charge in [0, 0.05) is 5.57 Å². The first-order chi connectivity index (χ1) is 4.72. The van der Waals surface area contributed by atoms with Gasteiger partial charge in [0.15, 0.2) is 0 Å². The minimum atomic E-state index is -0.337. The summed E-state index contributed by atoms with van der Waals surface area (Å²) in [6.45, 7) is 1.45. The molecule has 0 fully saturated rings. The van der Waals surface area contributed by atoms with Crippen LogP contribution in [-0.2, 0) is 9.63 Å². The molecule has 0 saturated heterocycles. The van der Waals surface area contributed by atoms with Crippen LogP contribution in [-0.4, -0.2) is 24.7 Å². The molecule has 0 saturated carbocycles. The van der Waals surface area contributed by atoms with Gasteiger partial charge in [-0.3, -0.25) is 9.63 Å². The second kappa shape index (κ2) is 4.96. The van der Waals surface area contributed by atoms with Crippen molar-refractivity contribution >= 4 is 5.91 Å². The Kier molecular flexibility index (Phi) is 4.53. The predicted octanol–water partition coefficient (Wildman–Crippen LogP) is -0.397. The predicted molar refractivity (Wildman–Crippen MR) is 36.0 cm³/mol. The number of nitrogens with one attached hydrogen (secondary N) is 1. The third kappa shape index (κ3) is 3.21. The standard InChI is InChI=1S/C6H11NO3/c1-5(3-4-8)6(9)7-10-2/h3,8H,4H2,1-2H3,(H,7,9)/b5-3+. The molecule has 1 amide bonds. The Morgan fingerprint density at radius 2 is 2.40 bits per heavy atom. The Hall–Kier alpha value is -0.870. The summed E-state index contributed by atoms with van der Waals surface area (Å²) >= 11 is 0. The fraction of sp³-hybridized carbons (Fsp3) is 0.500. The minimum Gasteiger partial charge on any atom is -0.392 e. The van der Waals surface area contributed by atoms with Gasteiger partial charge in [-0.25, -0.2) is 5.48 Å². The number of hydrogen-bond donors (Lipinski definition) is 2. The quantitative estimate of drug-likeness (QED) is 0.419. The van der Waals surface area contributed by atoms with E-state index in [2.05, 4.69) is 10.3 Å². The molecule has 10 heavy (non-hydrogen) atoms. The van der Waals surface area contributed by atoms with Crippen LogP contribution in [0.1, 0.15) is 6.92 Å². The van der Waals surface area contributed by atoms with E-state index in [9.17, 15) is 4.79 Å². The van der Waals surface area contributed by atoms with E-state index in [4.69, 9.17) is 5.11 Å². The Morgan fingerprint density at radius 1 is 1.80 bits per heavy atom. The molecule has 0 spiro atoms. The molecule has 0 aromatic rings. The summed E-state index contributed by atoms with van der Waals surface area (Å²) in [6, 6.07) is 0. The van der Waals surface area contributed by atoms with Gasteiger partial charge < -0.3 is 5.11 Å². The van der Waals surface area contributed by atoms with Crippen molar-refractivity contribution in [3.05, 3.63) is 11.6 Å². The molecule has 0 aliphatic carbocycles. The molecule has 58 valence electrons.